The Kier molecular flexibility index (Phi) is 4.75. The highest BCUT2D eigenvalue weighted by Crippen LogP contribution is 2.46. The molecule has 0 aliphatic heterocycles. The minimum absolute atomic E-state index is 0.332. The van der Waals surface area contributed by atoms with Gasteiger partial charge in [0, 0.05) is 36.3 Å². The van der Waals surface area contributed by atoms with Gasteiger partial charge in [-0.2, -0.15) is 5.26 Å². The molecule has 9 heteroatoms. The molecule has 0 bridgehead atoms. The number of nitrogens with one attached hydrogen (secondary N) is 3. The first-order valence-corrected chi connectivity index (χ1v) is 10.4. The van der Waals surface area contributed by atoms with Gasteiger partial charge in [-0.05, 0) is 49.6 Å². The molecule has 2 amide bonds. The number of aromatic nitrogens is 5. The van der Waals surface area contributed by atoms with E-state index in [9.17, 15) is 10.1 Å². The Balaban J connectivity index is 1.59. The van der Waals surface area contributed by atoms with Gasteiger partial charge >= 0.3 is 6.03 Å². The van der Waals surface area contributed by atoms with Crippen LogP contribution in [0.15, 0.2) is 48.9 Å². The maximum Gasteiger partial charge on any atom is 0.321 e. The minimum atomic E-state index is -0.423. The van der Waals surface area contributed by atoms with Gasteiger partial charge in [0.15, 0.2) is 5.82 Å². The van der Waals surface area contributed by atoms with E-state index in [-0.39, 0.29) is 6.03 Å². The van der Waals surface area contributed by atoms with Crippen LogP contribution in [0, 0.1) is 11.3 Å². The average Bonchev–Trinajstić information content (AvgIpc) is 3.52. The lowest BCUT2D eigenvalue weighted by Crippen LogP contribution is -2.28. The fourth-order valence-corrected chi connectivity index (χ4v) is 3.66. The van der Waals surface area contributed by atoms with Crippen molar-refractivity contribution < 1.29 is 4.79 Å². The molecule has 32 heavy (non-hydrogen) atoms. The number of carbonyl (C=O) groups is 1. The van der Waals surface area contributed by atoms with Crippen molar-refractivity contribution in [3.05, 3.63) is 54.6 Å². The Hall–Kier alpha value is -4.32. The van der Waals surface area contributed by atoms with E-state index < -0.39 is 5.41 Å². The molecule has 0 spiro atoms. The van der Waals surface area contributed by atoms with Crippen LogP contribution < -0.4 is 10.6 Å². The largest absolute Gasteiger partial charge is 0.338 e. The molecule has 1 aliphatic carbocycles. The van der Waals surface area contributed by atoms with E-state index in [0.29, 0.717) is 23.8 Å². The highest BCUT2D eigenvalue weighted by Gasteiger charge is 2.46. The van der Waals surface area contributed by atoms with Gasteiger partial charge in [0.25, 0.3) is 0 Å². The zero-order chi connectivity index (χ0) is 22.1. The molecule has 3 N–H and O–H groups in total. The Bertz CT molecular complexity index is 1330. The van der Waals surface area contributed by atoms with E-state index in [0.717, 1.165) is 40.7 Å². The van der Waals surface area contributed by atoms with Crippen LogP contribution in [0.1, 0.15) is 25.5 Å². The molecule has 1 aromatic carbocycles. The number of hydrogen-bond acceptors (Lipinski definition) is 6. The summed E-state index contributed by atoms with van der Waals surface area (Å²) in [6.45, 7) is 2.35. The number of imidazole rings is 1. The third kappa shape index (κ3) is 3.52. The number of carbonyl (C=O) groups excluding carboxylic acids is 1. The SMILES string of the molecule is CCNC(=O)Nc1nc2cc(-c3ccc(C4(C#N)CC4)nc3)cc(-c3ncccn3)c2[nH]1. The fraction of sp³-hybridized carbons (Fsp3) is 0.217. The maximum absolute atomic E-state index is 11.9. The molecule has 1 saturated carbocycles. The zero-order valence-corrected chi connectivity index (χ0v) is 17.4. The van der Waals surface area contributed by atoms with Crippen molar-refractivity contribution in [2.75, 3.05) is 11.9 Å². The molecule has 0 radical (unpaired) electrons. The predicted octanol–water partition coefficient (Wildman–Crippen LogP) is 3.78. The first kappa shape index (κ1) is 19.6. The van der Waals surface area contributed by atoms with Crippen LogP contribution in [0.5, 0.6) is 0 Å². The summed E-state index contributed by atoms with van der Waals surface area (Å²) in [5.41, 5.74) is 4.31. The molecule has 3 aromatic heterocycles. The smallest absolute Gasteiger partial charge is 0.321 e. The molecule has 0 unspecified atom stereocenters. The van der Waals surface area contributed by atoms with Crippen molar-refractivity contribution in [2.45, 2.75) is 25.2 Å². The number of urea groups is 1. The lowest BCUT2D eigenvalue weighted by atomic mass is 9.99. The number of fused-ring (bicyclic) bond motifs is 1. The second kappa shape index (κ2) is 7.74. The fourth-order valence-electron chi connectivity index (χ4n) is 3.66. The molecule has 4 aromatic rings. The van der Waals surface area contributed by atoms with Crippen LogP contribution in [0.4, 0.5) is 10.7 Å². The average molecular weight is 424 g/mol. The molecular weight excluding hydrogens is 404 g/mol. The number of rotatable bonds is 5. The van der Waals surface area contributed by atoms with Gasteiger partial charge in [-0.25, -0.2) is 19.7 Å². The Morgan fingerprint density at radius 3 is 2.66 bits per heavy atom. The Morgan fingerprint density at radius 1 is 1.19 bits per heavy atom. The summed E-state index contributed by atoms with van der Waals surface area (Å²) in [6, 6.07) is 11.6. The minimum Gasteiger partial charge on any atom is -0.338 e. The molecular formula is C23H20N8O. The molecule has 5 rings (SSSR count). The van der Waals surface area contributed by atoms with Crippen molar-refractivity contribution >= 4 is 23.0 Å². The summed E-state index contributed by atoms with van der Waals surface area (Å²) in [6.07, 6.45) is 6.85. The number of hydrogen-bond donors (Lipinski definition) is 3. The van der Waals surface area contributed by atoms with Crippen LogP contribution in [0.2, 0.25) is 0 Å². The van der Waals surface area contributed by atoms with Gasteiger partial charge in [0.2, 0.25) is 5.95 Å². The lowest BCUT2D eigenvalue weighted by molar-refractivity contribution is 0.252. The van der Waals surface area contributed by atoms with E-state index >= 15 is 0 Å². The van der Waals surface area contributed by atoms with E-state index in [2.05, 4.69) is 41.6 Å². The number of nitriles is 1. The lowest BCUT2D eigenvalue weighted by Gasteiger charge is -2.09. The zero-order valence-electron chi connectivity index (χ0n) is 17.4. The molecule has 1 fully saturated rings. The van der Waals surface area contributed by atoms with Crippen LogP contribution in [0.25, 0.3) is 33.5 Å². The second-order valence-corrected chi connectivity index (χ2v) is 7.69. The first-order valence-electron chi connectivity index (χ1n) is 10.4. The topological polar surface area (TPSA) is 132 Å². The van der Waals surface area contributed by atoms with Gasteiger partial charge in [-0.1, -0.05) is 6.07 Å². The monoisotopic (exact) mass is 424 g/mol. The Labute approximate surface area is 184 Å². The summed E-state index contributed by atoms with van der Waals surface area (Å²) >= 11 is 0. The van der Waals surface area contributed by atoms with E-state index in [1.807, 2.05) is 31.2 Å². The number of pyridine rings is 1. The van der Waals surface area contributed by atoms with Gasteiger partial charge in [0.1, 0.15) is 0 Å². The first-order chi connectivity index (χ1) is 15.6. The highest BCUT2D eigenvalue weighted by molar-refractivity contribution is 5.97. The van der Waals surface area contributed by atoms with Crippen LogP contribution >= 0.6 is 0 Å². The van der Waals surface area contributed by atoms with Crippen LogP contribution in [0.3, 0.4) is 0 Å². The van der Waals surface area contributed by atoms with Gasteiger partial charge in [-0.3, -0.25) is 10.3 Å². The molecule has 0 atom stereocenters. The maximum atomic E-state index is 11.9. The number of nitrogens with zero attached hydrogens (tertiary/aromatic N) is 5. The van der Waals surface area contributed by atoms with Crippen LogP contribution in [-0.2, 0) is 5.41 Å². The summed E-state index contributed by atoms with van der Waals surface area (Å²) < 4.78 is 0. The predicted molar refractivity (Wildman–Crippen MR) is 120 cm³/mol. The molecule has 1 aliphatic rings. The van der Waals surface area contributed by atoms with Gasteiger partial charge < -0.3 is 10.3 Å². The van der Waals surface area contributed by atoms with Gasteiger partial charge in [0.05, 0.1) is 28.2 Å². The number of H-pyrrole nitrogens is 1. The second-order valence-electron chi connectivity index (χ2n) is 7.69. The van der Waals surface area contributed by atoms with E-state index in [4.69, 9.17) is 0 Å². The molecule has 0 saturated heterocycles. The third-order valence-electron chi connectivity index (χ3n) is 5.52. The van der Waals surface area contributed by atoms with Crippen molar-refractivity contribution in [2.24, 2.45) is 0 Å². The van der Waals surface area contributed by atoms with Gasteiger partial charge in [-0.15, -0.1) is 0 Å². The standard InChI is InChI=1S/C23H20N8O/c1-2-25-22(32)31-21-29-17-11-15(10-16(19(17)30-21)20-26-8-3-9-27-20)14-4-5-18(28-12-14)23(13-24)6-7-23/h3-5,8-12H,2,6-7H2,1H3,(H3,25,29,30,31,32). The van der Waals surface area contributed by atoms with Crippen molar-refractivity contribution in [3.63, 3.8) is 0 Å². The quantitative estimate of drug-likeness (QED) is 0.447. The highest BCUT2D eigenvalue weighted by atomic mass is 16.2. The molecule has 9 nitrogen and oxygen atoms in total. The summed E-state index contributed by atoms with van der Waals surface area (Å²) in [4.78, 5) is 33.0. The van der Waals surface area contributed by atoms with Crippen molar-refractivity contribution in [1.82, 2.24) is 30.2 Å². The number of aromatic amines is 1. The van der Waals surface area contributed by atoms with E-state index in [1.165, 1.54) is 0 Å². The Morgan fingerprint density at radius 2 is 2.00 bits per heavy atom. The number of amides is 2. The third-order valence-corrected chi connectivity index (χ3v) is 5.52. The normalized spacial score (nSPS) is 14.0. The van der Waals surface area contributed by atoms with E-state index in [1.54, 1.807) is 24.7 Å². The summed E-state index contributed by atoms with van der Waals surface area (Å²) in [5.74, 6) is 0.872. The van der Waals surface area contributed by atoms with Crippen molar-refractivity contribution in [1.29, 1.82) is 5.26 Å². The van der Waals surface area contributed by atoms with Crippen molar-refractivity contribution in [3.8, 4) is 28.6 Å². The summed E-state index contributed by atoms with van der Waals surface area (Å²) in [7, 11) is 0. The van der Waals surface area contributed by atoms with Crippen LogP contribution in [-0.4, -0.2) is 37.5 Å². The molecule has 158 valence electrons. The number of anilines is 1. The summed E-state index contributed by atoms with van der Waals surface area (Å²) in [5, 5.41) is 14.8. The molecule has 3 heterocycles. The number of benzene rings is 1.